The number of nitrogens with one attached hydrogen (secondary N) is 1. The molecular formula is C22H30N4O4S. The number of methoxy groups -OCH3 is 1. The molecule has 2 saturated heterocycles. The molecular weight excluding hydrogens is 416 g/mol. The Morgan fingerprint density at radius 2 is 1.81 bits per heavy atom. The van der Waals surface area contributed by atoms with Crippen molar-refractivity contribution in [3.05, 3.63) is 47.8 Å². The SMILES string of the molecule is COc1ccc(Nc2cc(C)nc([C@@H]3CCCN(S(=O)(=O)N4CCOCC4)C3)c2)cc1. The second-order valence-corrected chi connectivity index (χ2v) is 9.92. The maximum atomic E-state index is 13.1. The van der Waals surface area contributed by atoms with Gasteiger partial charge in [0.05, 0.1) is 20.3 Å². The standard InChI is InChI=1S/C22H30N4O4S/c1-17-14-20(24-19-5-7-21(29-2)8-6-19)15-22(23-17)18-4-3-9-26(16-18)31(27,28)25-10-12-30-13-11-25/h5-8,14-15,18H,3-4,9-13,16H2,1-2H3,(H,23,24)/t18-/m1/s1. The van der Waals surface area contributed by atoms with Gasteiger partial charge in [0.2, 0.25) is 0 Å². The Labute approximate surface area is 184 Å². The van der Waals surface area contributed by atoms with Crippen LogP contribution < -0.4 is 10.1 Å². The first-order chi connectivity index (χ1) is 15.0. The molecule has 1 N–H and O–H groups in total. The molecule has 2 aliphatic heterocycles. The Kier molecular flexibility index (Phi) is 6.76. The average Bonchev–Trinajstić information content (AvgIpc) is 2.80. The number of morpholine rings is 1. The number of benzene rings is 1. The van der Waals surface area contributed by atoms with E-state index in [2.05, 4.69) is 5.32 Å². The van der Waals surface area contributed by atoms with Crippen LogP contribution in [0.25, 0.3) is 0 Å². The Bertz CT molecular complexity index is 991. The van der Waals surface area contributed by atoms with Gasteiger partial charge in [-0.1, -0.05) is 0 Å². The Hall–Kier alpha value is -2.20. The quantitative estimate of drug-likeness (QED) is 0.735. The van der Waals surface area contributed by atoms with Gasteiger partial charge in [0, 0.05) is 54.9 Å². The number of rotatable bonds is 6. The van der Waals surface area contributed by atoms with E-state index >= 15 is 0 Å². The number of aryl methyl sites for hydroxylation is 1. The molecule has 168 valence electrons. The minimum Gasteiger partial charge on any atom is -0.497 e. The topological polar surface area (TPSA) is 84.0 Å². The summed E-state index contributed by atoms with van der Waals surface area (Å²) in [6.45, 7) is 4.72. The smallest absolute Gasteiger partial charge is 0.282 e. The summed E-state index contributed by atoms with van der Waals surface area (Å²) in [7, 11) is -1.82. The van der Waals surface area contributed by atoms with Gasteiger partial charge in [-0.25, -0.2) is 0 Å². The predicted molar refractivity (Wildman–Crippen MR) is 120 cm³/mol. The molecule has 0 unspecified atom stereocenters. The van der Waals surface area contributed by atoms with Gasteiger partial charge < -0.3 is 14.8 Å². The molecule has 0 radical (unpaired) electrons. The van der Waals surface area contributed by atoms with Crippen LogP contribution in [-0.4, -0.2) is 68.5 Å². The van der Waals surface area contributed by atoms with Gasteiger partial charge in [-0.3, -0.25) is 4.98 Å². The zero-order valence-electron chi connectivity index (χ0n) is 18.1. The van der Waals surface area contributed by atoms with Crippen molar-refractivity contribution in [2.24, 2.45) is 0 Å². The maximum absolute atomic E-state index is 13.1. The summed E-state index contributed by atoms with van der Waals surface area (Å²) in [4.78, 5) is 4.74. The highest BCUT2D eigenvalue weighted by atomic mass is 32.2. The van der Waals surface area contributed by atoms with Crippen LogP contribution in [0.2, 0.25) is 0 Å². The summed E-state index contributed by atoms with van der Waals surface area (Å²) in [6, 6.07) is 11.8. The third kappa shape index (κ3) is 5.17. The average molecular weight is 447 g/mol. The van der Waals surface area contributed by atoms with Crippen molar-refractivity contribution in [2.45, 2.75) is 25.7 Å². The fourth-order valence-electron chi connectivity index (χ4n) is 4.15. The molecule has 1 aromatic heterocycles. The summed E-state index contributed by atoms with van der Waals surface area (Å²) < 4.78 is 39.9. The molecule has 0 amide bonds. The molecule has 2 aliphatic rings. The molecule has 2 aromatic rings. The lowest BCUT2D eigenvalue weighted by atomic mass is 9.95. The van der Waals surface area contributed by atoms with Gasteiger partial charge in [0.15, 0.2) is 0 Å². The molecule has 1 atom stereocenters. The normalized spacial score (nSPS) is 21.0. The van der Waals surface area contributed by atoms with E-state index in [1.165, 1.54) is 0 Å². The number of ether oxygens (including phenoxy) is 2. The summed E-state index contributed by atoms with van der Waals surface area (Å²) in [5.74, 6) is 0.877. The van der Waals surface area contributed by atoms with Gasteiger partial charge in [-0.15, -0.1) is 0 Å². The van der Waals surface area contributed by atoms with E-state index in [0.717, 1.165) is 41.4 Å². The molecule has 2 fully saturated rings. The Morgan fingerprint density at radius 3 is 2.52 bits per heavy atom. The molecule has 4 rings (SSSR count). The highest BCUT2D eigenvalue weighted by Gasteiger charge is 2.35. The van der Waals surface area contributed by atoms with Crippen molar-refractivity contribution in [1.82, 2.24) is 13.6 Å². The van der Waals surface area contributed by atoms with Crippen LogP contribution in [0.1, 0.15) is 30.1 Å². The molecule has 3 heterocycles. The van der Waals surface area contributed by atoms with Crippen LogP contribution >= 0.6 is 0 Å². The van der Waals surface area contributed by atoms with Gasteiger partial charge in [0.1, 0.15) is 5.75 Å². The predicted octanol–water partition coefficient (Wildman–Crippen LogP) is 2.90. The van der Waals surface area contributed by atoms with Crippen molar-refractivity contribution in [3.8, 4) is 5.75 Å². The van der Waals surface area contributed by atoms with Crippen molar-refractivity contribution in [2.75, 3.05) is 51.8 Å². The maximum Gasteiger partial charge on any atom is 0.282 e. The largest absolute Gasteiger partial charge is 0.497 e. The lowest BCUT2D eigenvalue weighted by Crippen LogP contribution is -2.51. The lowest BCUT2D eigenvalue weighted by molar-refractivity contribution is 0.0695. The van der Waals surface area contributed by atoms with E-state index in [-0.39, 0.29) is 5.92 Å². The Balaban J connectivity index is 1.50. The number of aromatic nitrogens is 1. The molecule has 1 aromatic carbocycles. The zero-order chi connectivity index (χ0) is 21.8. The fourth-order valence-corrected chi connectivity index (χ4v) is 5.82. The fraction of sp³-hybridized carbons (Fsp3) is 0.500. The summed E-state index contributed by atoms with van der Waals surface area (Å²) in [6.07, 6.45) is 1.75. The molecule has 8 nitrogen and oxygen atoms in total. The van der Waals surface area contributed by atoms with E-state index < -0.39 is 10.2 Å². The van der Waals surface area contributed by atoms with Crippen molar-refractivity contribution in [1.29, 1.82) is 0 Å². The van der Waals surface area contributed by atoms with Crippen LogP contribution in [0.15, 0.2) is 36.4 Å². The minimum atomic E-state index is -3.47. The van der Waals surface area contributed by atoms with Crippen molar-refractivity contribution < 1.29 is 17.9 Å². The molecule has 0 spiro atoms. The Morgan fingerprint density at radius 1 is 1.06 bits per heavy atom. The van der Waals surface area contributed by atoms with Crippen LogP contribution in [-0.2, 0) is 14.9 Å². The van der Waals surface area contributed by atoms with E-state index in [0.29, 0.717) is 39.4 Å². The van der Waals surface area contributed by atoms with E-state index in [1.807, 2.05) is 43.3 Å². The molecule has 9 heteroatoms. The molecule has 0 saturated carbocycles. The number of nitrogens with zero attached hydrogens (tertiary/aromatic N) is 3. The van der Waals surface area contributed by atoms with E-state index in [4.69, 9.17) is 14.5 Å². The van der Waals surface area contributed by atoms with Gasteiger partial charge in [-0.05, 0) is 56.2 Å². The molecule has 0 aliphatic carbocycles. The van der Waals surface area contributed by atoms with Crippen LogP contribution in [0, 0.1) is 6.92 Å². The number of hydrogen-bond donors (Lipinski definition) is 1. The van der Waals surface area contributed by atoms with Crippen LogP contribution in [0.4, 0.5) is 11.4 Å². The number of anilines is 2. The van der Waals surface area contributed by atoms with Crippen molar-refractivity contribution in [3.63, 3.8) is 0 Å². The first-order valence-electron chi connectivity index (χ1n) is 10.7. The summed E-state index contributed by atoms with van der Waals surface area (Å²) in [5, 5.41) is 3.42. The third-order valence-corrected chi connectivity index (χ3v) is 7.78. The first-order valence-corrected chi connectivity index (χ1v) is 12.1. The van der Waals surface area contributed by atoms with Crippen LogP contribution in [0.5, 0.6) is 5.75 Å². The molecule has 0 bridgehead atoms. The number of pyridine rings is 1. The molecule has 31 heavy (non-hydrogen) atoms. The number of hydrogen-bond acceptors (Lipinski definition) is 6. The summed E-state index contributed by atoms with van der Waals surface area (Å²) >= 11 is 0. The van der Waals surface area contributed by atoms with Gasteiger partial charge >= 0.3 is 0 Å². The zero-order valence-corrected chi connectivity index (χ0v) is 18.9. The van der Waals surface area contributed by atoms with Gasteiger partial charge in [0.25, 0.3) is 10.2 Å². The van der Waals surface area contributed by atoms with Crippen LogP contribution in [0.3, 0.4) is 0 Å². The lowest BCUT2D eigenvalue weighted by Gasteiger charge is -2.36. The summed E-state index contributed by atoms with van der Waals surface area (Å²) in [5.41, 5.74) is 3.73. The van der Waals surface area contributed by atoms with E-state index in [1.54, 1.807) is 15.7 Å². The van der Waals surface area contributed by atoms with Crippen molar-refractivity contribution >= 4 is 21.6 Å². The third-order valence-electron chi connectivity index (χ3n) is 5.78. The highest BCUT2D eigenvalue weighted by molar-refractivity contribution is 7.86. The first kappa shape index (κ1) is 22.0. The van der Waals surface area contributed by atoms with Gasteiger partial charge in [-0.2, -0.15) is 17.0 Å². The second kappa shape index (κ2) is 9.52. The number of piperidine rings is 1. The highest BCUT2D eigenvalue weighted by Crippen LogP contribution is 2.31. The monoisotopic (exact) mass is 446 g/mol. The van der Waals surface area contributed by atoms with E-state index in [9.17, 15) is 8.42 Å². The minimum absolute atomic E-state index is 0.0703. The second-order valence-electron chi connectivity index (χ2n) is 7.99.